The SMILES string of the molecule is CC(c1ccc(Cl)cc1Cl)N(C)Cc1nc(-c2ccco2)no1. The first kappa shape index (κ1) is 16.1. The molecule has 2 heterocycles. The summed E-state index contributed by atoms with van der Waals surface area (Å²) >= 11 is 12.2. The summed E-state index contributed by atoms with van der Waals surface area (Å²) in [6, 6.07) is 9.13. The number of hydrogen-bond acceptors (Lipinski definition) is 5. The van der Waals surface area contributed by atoms with Gasteiger partial charge in [0.25, 0.3) is 0 Å². The highest BCUT2D eigenvalue weighted by Crippen LogP contribution is 2.29. The second-order valence-electron chi connectivity index (χ2n) is 5.25. The van der Waals surface area contributed by atoms with Crippen molar-refractivity contribution >= 4 is 23.2 Å². The van der Waals surface area contributed by atoms with Crippen LogP contribution in [0.25, 0.3) is 11.6 Å². The summed E-state index contributed by atoms with van der Waals surface area (Å²) < 4.78 is 10.5. The molecular weight excluding hydrogens is 337 g/mol. The molecule has 0 spiro atoms. The Kier molecular flexibility index (Phi) is 4.71. The topological polar surface area (TPSA) is 55.3 Å². The van der Waals surface area contributed by atoms with Crippen LogP contribution in [0, 0.1) is 0 Å². The molecule has 0 aliphatic carbocycles. The molecule has 3 aromatic rings. The molecule has 0 bridgehead atoms. The van der Waals surface area contributed by atoms with Gasteiger partial charge in [-0.1, -0.05) is 34.4 Å². The number of furan rings is 1. The zero-order valence-electron chi connectivity index (χ0n) is 12.7. The van der Waals surface area contributed by atoms with E-state index in [0.29, 0.717) is 34.1 Å². The lowest BCUT2D eigenvalue weighted by Crippen LogP contribution is -2.22. The number of nitrogens with zero attached hydrogens (tertiary/aromatic N) is 3. The third-order valence-corrected chi connectivity index (χ3v) is 4.23. The van der Waals surface area contributed by atoms with Crippen LogP contribution >= 0.6 is 23.2 Å². The first-order valence-corrected chi connectivity index (χ1v) is 7.82. The molecule has 23 heavy (non-hydrogen) atoms. The van der Waals surface area contributed by atoms with E-state index in [-0.39, 0.29) is 6.04 Å². The van der Waals surface area contributed by atoms with Crippen molar-refractivity contribution in [1.29, 1.82) is 0 Å². The normalized spacial score (nSPS) is 12.7. The standard InChI is InChI=1S/C16H15Cl2N3O2/c1-10(12-6-5-11(17)8-13(12)18)21(2)9-15-19-16(20-23-15)14-4-3-7-22-14/h3-8,10H,9H2,1-2H3. The minimum Gasteiger partial charge on any atom is -0.461 e. The molecule has 3 rings (SSSR count). The van der Waals surface area contributed by atoms with Crippen molar-refractivity contribution in [1.82, 2.24) is 15.0 Å². The fourth-order valence-corrected chi connectivity index (χ4v) is 2.82. The van der Waals surface area contributed by atoms with E-state index in [1.807, 2.05) is 19.2 Å². The molecular formula is C16H15Cl2N3O2. The summed E-state index contributed by atoms with van der Waals surface area (Å²) in [4.78, 5) is 6.40. The molecule has 0 aliphatic rings. The minimum atomic E-state index is 0.0683. The highest BCUT2D eigenvalue weighted by molar-refractivity contribution is 6.35. The Hall–Kier alpha value is -1.82. The first-order valence-electron chi connectivity index (χ1n) is 7.06. The van der Waals surface area contributed by atoms with Gasteiger partial charge in [-0.25, -0.2) is 0 Å². The Balaban J connectivity index is 1.72. The van der Waals surface area contributed by atoms with E-state index in [2.05, 4.69) is 22.0 Å². The van der Waals surface area contributed by atoms with Crippen LogP contribution in [0.3, 0.4) is 0 Å². The van der Waals surface area contributed by atoms with Gasteiger partial charge in [-0.05, 0) is 43.8 Å². The predicted octanol–water partition coefficient (Wildman–Crippen LogP) is 4.83. The molecule has 5 nitrogen and oxygen atoms in total. The maximum Gasteiger partial charge on any atom is 0.241 e. The van der Waals surface area contributed by atoms with Crippen molar-refractivity contribution in [2.24, 2.45) is 0 Å². The Morgan fingerprint density at radius 3 is 2.78 bits per heavy atom. The molecule has 1 atom stereocenters. The van der Waals surface area contributed by atoms with Gasteiger partial charge in [-0.15, -0.1) is 0 Å². The smallest absolute Gasteiger partial charge is 0.241 e. The summed E-state index contributed by atoms with van der Waals surface area (Å²) in [5.74, 6) is 1.53. The number of hydrogen-bond donors (Lipinski definition) is 0. The van der Waals surface area contributed by atoms with Gasteiger partial charge >= 0.3 is 0 Å². The average molecular weight is 352 g/mol. The van der Waals surface area contributed by atoms with Gasteiger partial charge in [0.1, 0.15) is 0 Å². The van der Waals surface area contributed by atoms with Crippen molar-refractivity contribution in [3.05, 3.63) is 58.1 Å². The quantitative estimate of drug-likeness (QED) is 0.658. The van der Waals surface area contributed by atoms with Gasteiger partial charge in [0.2, 0.25) is 11.7 Å². The van der Waals surface area contributed by atoms with Crippen LogP contribution < -0.4 is 0 Å². The zero-order valence-corrected chi connectivity index (χ0v) is 14.2. The highest BCUT2D eigenvalue weighted by atomic mass is 35.5. The van der Waals surface area contributed by atoms with Crippen molar-refractivity contribution in [2.75, 3.05) is 7.05 Å². The first-order chi connectivity index (χ1) is 11.0. The fraction of sp³-hybridized carbons (Fsp3) is 0.250. The van der Waals surface area contributed by atoms with Crippen molar-refractivity contribution in [3.8, 4) is 11.6 Å². The molecule has 0 aliphatic heterocycles. The second kappa shape index (κ2) is 6.74. The van der Waals surface area contributed by atoms with Crippen LogP contribution in [0.4, 0.5) is 0 Å². The highest BCUT2D eigenvalue weighted by Gasteiger charge is 2.18. The van der Waals surface area contributed by atoms with Crippen LogP contribution in [-0.2, 0) is 6.54 Å². The zero-order chi connectivity index (χ0) is 16.4. The van der Waals surface area contributed by atoms with E-state index in [0.717, 1.165) is 5.56 Å². The number of benzene rings is 1. The van der Waals surface area contributed by atoms with Crippen molar-refractivity contribution in [2.45, 2.75) is 19.5 Å². The molecule has 0 N–H and O–H groups in total. The summed E-state index contributed by atoms with van der Waals surface area (Å²) in [5.41, 5.74) is 0.990. The van der Waals surface area contributed by atoms with Crippen LogP contribution in [0.1, 0.15) is 24.4 Å². The summed E-state index contributed by atoms with van der Waals surface area (Å²) in [7, 11) is 1.96. The average Bonchev–Trinajstić information content (AvgIpc) is 3.17. The number of rotatable bonds is 5. The Labute approximate surface area is 143 Å². The maximum atomic E-state index is 6.27. The van der Waals surface area contributed by atoms with Crippen LogP contribution in [-0.4, -0.2) is 22.1 Å². The Morgan fingerprint density at radius 2 is 2.09 bits per heavy atom. The summed E-state index contributed by atoms with van der Waals surface area (Å²) in [6.45, 7) is 2.55. The van der Waals surface area contributed by atoms with Gasteiger partial charge in [0, 0.05) is 16.1 Å². The molecule has 0 amide bonds. The molecule has 0 fully saturated rings. The van der Waals surface area contributed by atoms with E-state index >= 15 is 0 Å². The molecule has 1 aromatic carbocycles. The summed E-state index contributed by atoms with van der Waals surface area (Å²) in [6.07, 6.45) is 1.57. The van der Waals surface area contributed by atoms with Gasteiger partial charge in [-0.3, -0.25) is 4.90 Å². The second-order valence-corrected chi connectivity index (χ2v) is 6.09. The predicted molar refractivity (Wildman–Crippen MR) is 88.3 cm³/mol. The third kappa shape index (κ3) is 3.58. The van der Waals surface area contributed by atoms with Crippen molar-refractivity contribution < 1.29 is 8.94 Å². The largest absolute Gasteiger partial charge is 0.461 e. The molecule has 7 heteroatoms. The Bertz CT molecular complexity index is 786. The van der Waals surface area contributed by atoms with E-state index in [1.54, 1.807) is 24.5 Å². The molecule has 0 saturated carbocycles. The minimum absolute atomic E-state index is 0.0683. The van der Waals surface area contributed by atoms with Gasteiger partial charge < -0.3 is 8.94 Å². The molecule has 1 unspecified atom stereocenters. The lowest BCUT2D eigenvalue weighted by Gasteiger charge is -2.24. The number of aromatic nitrogens is 2. The van der Waals surface area contributed by atoms with Crippen LogP contribution in [0.15, 0.2) is 45.5 Å². The van der Waals surface area contributed by atoms with Crippen LogP contribution in [0.2, 0.25) is 10.0 Å². The number of halogens is 2. The monoisotopic (exact) mass is 351 g/mol. The summed E-state index contributed by atoms with van der Waals surface area (Å²) in [5, 5.41) is 5.18. The van der Waals surface area contributed by atoms with E-state index in [4.69, 9.17) is 32.1 Å². The van der Waals surface area contributed by atoms with Gasteiger partial charge in [0.05, 0.1) is 12.8 Å². The lowest BCUT2D eigenvalue weighted by atomic mass is 10.1. The maximum absolute atomic E-state index is 6.27. The van der Waals surface area contributed by atoms with E-state index in [9.17, 15) is 0 Å². The molecule has 0 saturated heterocycles. The third-order valence-electron chi connectivity index (χ3n) is 3.67. The molecule has 120 valence electrons. The molecule has 0 radical (unpaired) electrons. The van der Waals surface area contributed by atoms with E-state index in [1.165, 1.54) is 0 Å². The van der Waals surface area contributed by atoms with Crippen LogP contribution in [0.5, 0.6) is 0 Å². The van der Waals surface area contributed by atoms with Gasteiger partial charge in [-0.2, -0.15) is 4.98 Å². The lowest BCUT2D eigenvalue weighted by molar-refractivity contribution is 0.216. The molecule has 2 aromatic heterocycles. The van der Waals surface area contributed by atoms with Gasteiger partial charge in [0.15, 0.2) is 5.76 Å². The van der Waals surface area contributed by atoms with E-state index < -0.39 is 0 Å². The van der Waals surface area contributed by atoms with Crippen molar-refractivity contribution in [3.63, 3.8) is 0 Å². The Morgan fingerprint density at radius 1 is 1.26 bits per heavy atom. The fourth-order valence-electron chi connectivity index (χ4n) is 2.25.